The number of carbonyl (C=O) groups excluding carboxylic acids is 1. The molecular formula is C11H14N2O3S. The molecule has 5 nitrogen and oxygen atoms in total. The smallest absolute Gasteiger partial charge is 0.330 e. The van der Waals surface area contributed by atoms with E-state index < -0.39 is 17.9 Å². The van der Waals surface area contributed by atoms with E-state index in [0.29, 0.717) is 0 Å². The van der Waals surface area contributed by atoms with Gasteiger partial charge in [-0.2, -0.15) is 0 Å². The Hall–Kier alpha value is -1.53. The number of rotatable bonds is 5. The number of nitrogens with one attached hydrogen (secondary N) is 1. The Labute approximate surface area is 103 Å². The highest BCUT2D eigenvalue weighted by atomic mass is 32.2. The molecule has 1 aromatic carbocycles. The second-order valence-corrected chi connectivity index (χ2v) is 4.26. The number of aliphatic carboxylic acids is 1. The molecule has 0 fully saturated rings. The highest BCUT2D eigenvalue weighted by Crippen LogP contribution is 2.14. The minimum absolute atomic E-state index is 0.272. The summed E-state index contributed by atoms with van der Waals surface area (Å²) >= 11 is 1.63. The Kier molecular flexibility index (Phi) is 4.99. The van der Waals surface area contributed by atoms with Gasteiger partial charge in [-0.3, -0.25) is 4.79 Å². The first-order chi connectivity index (χ1) is 8.04. The summed E-state index contributed by atoms with van der Waals surface area (Å²) < 4.78 is 0. The van der Waals surface area contributed by atoms with Crippen molar-refractivity contribution in [1.82, 2.24) is 5.32 Å². The second kappa shape index (κ2) is 6.27. The summed E-state index contributed by atoms with van der Waals surface area (Å²) in [6.45, 7) is 0.272. The molecule has 6 heteroatoms. The van der Waals surface area contributed by atoms with Crippen LogP contribution in [-0.2, 0) is 16.1 Å². The molecule has 4 N–H and O–H groups in total. The van der Waals surface area contributed by atoms with Crippen LogP contribution in [0.2, 0.25) is 0 Å². The van der Waals surface area contributed by atoms with Gasteiger partial charge in [0.2, 0.25) is 5.91 Å². The van der Waals surface area contributed by atoms with Crippen molar-refractivity contribution in [2.45, 2.75) is 17.5 Å². The number of carboxylic acids is 1. The third-order valence-electron chi connectivity index (χ3n) is 2.17. The van der Waals surface area contributed by atoms with Gasteiger partial charge < -0.3 is 16.2 Å². The monoisotopic (exact) mass is 254 g/mol. The van der Waals surface area contributed by atoms with Crippen LogP contribution in [0.15, 0.2) is 29.2 Å². The molecule has 0 heterocycles. The fourth-order valence-corrected chi connectivity index (χ4v) is 1.56. The maximum Gasteiger partial charge on any atom is 0.330 e. The van der Waals surface area contributed by atoms with Crippen molar-refractivity contribution in [1.29, 1.82) is 0 Å². The Morgan fingerprint density at radius 2 is 2.00 bits per heavy atom. The number of nitrogens with two attached hydrogens (primary N) is 1. The van der Waals surface area contributed by atoms with Gasteiger partial charge in [0.25, 0.3) is 0 Å². The van der Waals surface area contributed by atoms with Crippen LogP contribution in [0.4, 0.5) is 0 Å². The normalized spacial score (nSPS) is 11.9. The Morgan fingerprint density at radius 1 is 1.41 bits per heavy atom. The van der Waals surface area contributed by atoms with Crippen molar-refractivity contribution in [2.75, 3.05) is 6.26 Å². The predicted octanol–water partition coefficient (Wildman–Crippen LogP) is 0.437. The van der Waals surface area contributed by atoms with E-state index in [-0.39, 0.29) is 6.54 Å². The van der Waals surface area contributed by atoms with Gasteiger partial charge >= 0.3 is 5.97 Å². The van der Waals surface area contributed by atoms with Crippen molar-refractivity contribution in [3.8, 4) is 0 Å². The SMILES string of the molecule is CSc1ccc(CNC(=O)C(N)C(=O)O)cc1. The molecule has 0 radical (unpaired) electrons. The molecule has 0 aliphatic rings. The van der Waals surface area contributed by atoms with E-state index in [1.54, 1.807) is 11.8 Å². The highest BCUT2D eigenvalue weighted by molar-refractivity contribution is 7.98. The highest BCUT2D eigenvalue weighted by Gasteiger charge is 2.20. The molecule has 0 bridgehead atoms. The molecule has 0 aliphatic carbocycles. The van der Waals surface area contributed by atoms with Crippen molar-refractivity contribution in [3.05, 3.63) is 29.8 Å². The van der Waals surface area contributed by atoms with Gasteiger partial charge in [0.05, 0.1) is 0 Å². The molecule has 1 amide bonds. The maximum absolute atomic E-state index is 11.3. The van der Waals surface area contributed by atoms with Crippen LogP contribution in [0.5, 0.6) is 0 Å². The van der Waals surface area contributed by atoms with Gasteiger partial charge in [0.1, 0.15) is 0 Å². The lowest BCUT2D eigenvalue weighted by Crippen LogP contribution is -2.45. The minimum atomic E-state index is -1.51. The predicted molar refractivity (Wildman–Crippen MR) is 65.7 cm³/mol. The summed E-state index contributed by atoms with van der Waals surface area (Å²) in [5.74, 6) is -2.02. The Morgan fingerprint density at radius 3 is 2.47 bits per heavy atom. The first-order valence-electron chi connectivity index (χ1n) is 4.93. The molecule has 1 aromatic rings. The first kappa shape index (κ1) is 13.5. The third kappa shape index (κ3) is 4.08. The molecule has 92 valence electrons. The van der Waals surface area contributed by atoms with Gasteiger partial charge in [-0.05, 0) is 24.0 Å². The zero-order valence-electron chi connectivity index (χ0n) is 9.34. The zero-order valence-corrected chi connectivity index (χ0v) is 10.2. The standard InChI is InChI=1S/C11H14N2O3S/c1-17-8-4-2-7(3-5-8)6-13-10(14)9(12)11(15)16/h2-5,9H,6,12H2,1H3,(H,13,14)(H,15,16). The molecular weight excluding hydrogens is 240 g/mol. The molecule has 1 atom stereocenters. The van der Waals surface area contributed by atoms with Gasteiger partial charge in [-0.25, -0.2) is 4.79 Å². The molecule has 0 spiro atoms. The zero-order chi connectivity index (χ0) is 12.8. The fraction of sp³-hybridized carbons (Fsp3) is 0.273. The lowest BCUT2D eigenvalue weighted by atomic mass is 10.2. The summed E-state index contributed by atoms with van der Waals surface area (Å²) in [6.07, 6.45) is 1.97. The molecule has 0 aliphatic heterocycles. The molecule has 0 aromatic heterocycles. The van der Waals surface area contributed by atoms with Gasteiger partial charge in [-0.1, -0.05) is 12.1 Å². The number of hydrogen-bond acceptors (Lipinski definition) is 4. The average molecular weight is 254 g/mol. The van der Waals surface area contributed by atoms with E-state index in [2.05, 4.69) is 5.32 Å². The van der Waals surface area contributed by atoms with Crippen LogP contribution < -0.4 is 11.1 Å². The number of hydrogen-bond donors (Lipinski definition) is 3. The number of carbonyl (C=O) groups is 2. The summed E-state index contributed by atoms with van der Waals surface area (Å²) in [6, 6.07) is 6.10. The van der Waals surface area contributed by atoms with Gasteiger partial charge in [0.15, 0.2) is 6.04 Å². The van der Waals surface area contributed by atoms with Crippen LogP contribution in [0, 0.1) is 0 Å². The van der Waals surface area contributed by atoms with Crippen LogP contribution in [0.25, 0.3) is 0 Å². The lowest BCUT2D eigenvalue weighted by molar-refractivity contribution is -0.142. The van der Waals surface area contributed by atoms with Crippen molar-refractivity contribution >= 4 is 23.6 Å². The van der Waals surface area contributed by atoms with E-state index >= 15 is 0 Å². The van der Waals surface area contributed by atoms with Gasteiger partial charge in [-0.15, -0.1) is 11.8 Å². The summed E-state index contributed by atoms with van der Waals surface area (Å²) in [4.78, 5) is 22.8. The fourth-order valence-electron chi connectivity index (χ4n) is 1.15. The third-order valence-corrected chi connectivity index (χ3v) is 2.92. The average Bonchev–Trinajstić information content (AvgIpc) is 2.35. The van der Waals surface area contributed by atoms with Crippen molar-refractivity contribution < 1.29 is 14.7 Å². The number of benzene rings is 1. The molecule has 1 unspecified atom stereocenters. The van der Waals surface area contributed by atoms with Crippen LogP contribution >= 0.6 is 11.8 Å². The maximum atomic E-state index is 11.3. The Bertz CT molecular complexity index is 406. The van der Waals surface area contributed by atoms with Crippen LogP contribution in [-0.4, -0.2) is 29.3 Å². The van der Waals surface area contributed by atoms with Crippen LogP contribution in [0.3, 0.4) is 0 Å². The van der Waals surface area contributed by atoms with E-state index in [9.17, 15) is 9.59 Å². The number of amides is 1. The summed E-state index contributed by atoms with van der Waals surface area (Å²) in [5.41, 5.74) is 6.05. The largest absolute Gasteiger partial charge is 0.480 e. The number of carboxylic acid groups (broad SMARTS) is 1. The molecule has 0 saturated carbocycles. The van der Waals surface area contributed by atoms with Crippen molar-refractivity contribution in [2.24, 2.45) is 5.73 Å². The first-order valence-corrected chi connectivity index (χ1v) is 6.16. The number of thioether (sulfide) groups is 1. The summed E-state index contributed by atoms with van der Waals surface area (Å²) in [5, 5.41) is 11.0. The van der Waals surface area contributed by atoms with E-state index in [1.165, 1.54) is 0 Å². The Balaban J connectivity index is 2.50. The van der Waals surface area contributed by atoms with Crippen LogP contribution in [0.1, 0.15) is 5.56 Å². The molecule has 1 rings (SSSR count). The topological polar surface area (TPSA) is 92.4 Å². The molecule has 17 heavy (non-hydrogen) atoms. The lowest BCUT2D eigenvalue weighted by Gasteiger charge is -2.08. The van der Waals surface area contributed by atoms with E-state index in [1.807, 2.05) is 30.5 Å². The quantitative estimate of drug-likeness (QED) is 0.523. The second-order valence-electron chi connectivity index (χ2n) is 3.38. The van der Waals surface area contributed by atoms with Crippen molar-refractivity contribution in [3.63, 3.8) is 0 Å². The van der Waals surface area contributed by atoms with E-state index in [0.717, 1.165) is 10.5 Å². The molecule has 0 saturated heterocycles. The minimum Gasteiger partial charge on any atom is -0.480 e. The van der Waals surface area contributed by atoms with Gasteiger partial charge in [0, 0.05) is 11.4 Å². The summed E-state index contributed by atoms with van der Waals surface area (Å²) in [7, 11) is 0. The van der Waals surface area contributed by atoms with E-state index in [4.69, 9.17) is 10.8 Å².